The third-order valence-electron chi connectivity index (χ3n) is 5.48. The number of fused-ring (bicyclic) bond motifs is 1. The lowest BCUT2D eigenvalue weighted by Gasteiger charge is -2.35. The zero-order chi connectivity index (χ0) is 19.5. The first-order valence-corrected chi connectivity index (χ1v) is 10.6. The Morgan fingerprint density at radius 1 is 1.21 bits per heavy atom. The monoisotopic (exact) mass is 395 g/mol. The molecule has 0 bridgehead atoms. The smallest absolute Gasteiger partial charge is 0.130 e. The van der Waals surface area contributed by atoms with E-state index in [2.05, 4.69) is 62.5 Å². The number of piperazine rings is 1. The molecule has 1 N–H and O–H groups in total. The highest BCUT2D eigenvalue weighted by molar-refractivity contribution is 7.97. The standard InChI is InChI=1S/C22H29N5S/c1-3-23-22(28)17-4-5-18-14-24-21(13-19(18)12-17)25-16(2)15-26-8-10-27(11-9-26)20-6-7-20/h4-5,12-14,20H,2-3,6-11,15H2,1H3,(H,23,28)(H,24,25). The fraction of sp³-hybridized carbons (Fsp3) is 0.455. The molecule has 28 heavy (non-hydrogen) atoms. The van der Waals surface area contributed by atoms with E-state index in [1.165, 1.54) is 25.9 Å². The van der Waals surface area contributed by atoms with Crippen LogP contribution >= 0.6 is 12.6 Å². The van der Waals surface area contributed by atoms with E-state index in [1.807, 2.05) is 19.2 Å². The summed E-state index contributed by atoms with van der Waals surface area (Å²) in [4.78, 5) is 14.0. The Morgan fingerprint density at radius 3 is 2.71 bits per heavy atom. The molecule has 0 radical (unpaired) electrons. The fourth-order valence-electron chi connectivity index (χ4n) is 3.81. The number of thiol groups is 1. The van der Waals surface area contributed by atoms with Crippen molar-refractivity contribution >= 4 is 34.3 Å². The average molecular weight is 396 g/mol. The van der Waals surface area contributed by atoms with Crippen molar-refractivity contribution in [3.63, 3.8) is 0 Å². The van der Waals surface area contributed by atoms with E-state index < -0.39 is 0 Å². The van der Waals surface area contributed by atoms with Crippen molar-refractivity contribution in [2.45, 2.75) is 25.8 Å². The second-order valence-corrected chi connectivity index (χ2v) is 8.12. The largest absolute Gasteiger partial charge is 0.343 e. The topological polar surface area (TPSA) is 43.8 Å². The molecule has 0 atom stereocenters. The summed E-state index contributed by atoms with van der Waals surface area (Å²) in [5, 5.41) is 6.39. The van der Waals surface area contributed by atoms with E-state index >= 15 is 0 Å². The minimum absolute atomic E-state index is 0.731. The average Bonchev–Trinajstić information content (AvgIpc) is 3.53. The number of aromatic nitrogens is 1. The summed E-state index contributed by atoms with van der Waals surface area (Å²) in [6.07, 6.45) is 4.68. The molecule has 0 unspecified atom stereocenters. The summed E-state index contributed by atoms with van der Waals surface area (Å²) in [5.74, 6) is 0.833. The van der Waals surface area contributed by atoms with E-state index in [1.54, 1.807) is 0 Å². The van der Waals surface area contributed by atoms with Crippen LogP contribution in [0.15, 0.2) is 47.7 Å². The molecule has 1 aliphatic carbocycles. The predicted octanol–water partition coefficient (Wildman–Crippen LogP) is 3.64. The van der Waals surface area contributed by atoms with E-state index in [0.29, 0.717) is 0 Å². The van der Waals surface area contributed by atoms with Gasteiger partial charge < -0.3 is 5.32 Å². The van der Waals surface area contributed by atoms with Crippen molar-refractivity contribution in [2.24, 2.45) is 4.99 Å². The molecule has 0 spiro atoms. The zero-order valence-electron chi connectivity index (χ0n) is 16.6. The van der Waals surface area contributed by atoms with E-state index in [-0.39, 0.29) is 0 Å². The molecule has 2 fully saturated rings. The third-order valence-corrected chi connectivity index (χ3v) is 5.88. The lowest BCUT2D eigenvalue weighted by atomic mass is 10.1. The molecule has 2 heterocycles. The Balaban J connectivity index is 1.38. The molecule has 1 saturated carbocycles. The first-order valence-electron chi connectivity index (χ1n) is 10.2. The van der Waals surface area contributed by atoms with E-state index in [0.717, 1.165) is 65.1 Å². The highest BCUT2D eigenvalue weighted by Crippen LogP contribution is 2.27. The van der Waals surface area contributed by atoms with Gasteiger partial charge in [0.25, 0.3) is 0 Å². The number of pyridine rings is 1. The predicted molar refractivity (Wildman–Crippen MR) is 122 cm³/mol. The van der Waals surface area contributed by atoms with Crippen LogP contribution in [0, 0.1) is 0 Å². The normalized spacial score (nSPS) is 19.1. The van der Waals surface area contributed by atoms with Gasteiger partial charge in [0.2, 0.25) is 0 Å². The Morgan fingerprint density at radius 2 is 2.00 bits per heavy atom. The van der Waals surface area contributed by atoms with Crippen LogP contribution in [0.4, 0.5) is 5.82 Å². The summed E-state index contributed by atoms with van der Waals surface area (Å²) in [5.41, 5.74) is 2.02. The van der Waals surface area contributed by atoms with Crippen LogP contribution in [0.25, 0.3) is 10.8 Å². The molecular formula is C22H29N5S. The molecule has 2 aliphatic rings. The van der Waals surface area contributed by atoms with Gasteiger partial charge in [0.05, 0.1) is 5.04 Å². The molecule has 0 amide bonds. The number of hydrogen-bond acceptors (Lipinski definition) is 5. The van der Waals surface area contributed by atoms with Crippen LogP contribution in [0.3, 0.4) is 0 Å². The van der Waals surface area contributed by atoms with E-state index in [9.17, 15) is 0 Å². The molecular weight excluding hydrogens is 366 g/mol. The number of anilines is 1. The van der Waals surface area contributed by atoms with Gasteiger partial charge in [0, 0.05) is 68.2 Å². The van der Waals surface area contributed by atoms with Crippen molar-refractivity contribution < 1.29 is 0 Å². The van der Waals surface area contributed by atoms with E-state index in [4.69, 9.17) is 0 Å². The maximum atomic E-state index is 4.55. The lowest BCUT2D eigenvalue weighted by Crippen LogP contribution is -2.47. The van der Waals surface area contributed by atoms with Gasteiger partial charge >= 0.3 is 0 Å². The number of nitrogens with zero attached hydrogens (tertiary/aromatic N) is 4. The Hall–Kier alpha value is -1.89. The van der Waals surface area contributed by atoms with Gasteiger partial charge in [0.1, 0.15) is 5.82 Å². The number of hydrogen-bond donors (Lipinski definition) is 2. The van der Waals surface area contributed by atoms with Gasteiger partial charge in [-0.2, -0.15) is 0 Å². The summed E-state index contributed by atoms with van der Waals surface area (Å²) >= 11 is 4.50. The van der Waals surface area contributed by atoms with Gasteiger partial charge in [-0.25, -0.2) is 4.98 Å². The van der Waals surface area contributed by atoms with Gasteiger partial charge in [-0.1, -0.05) is 18.7 Å². The molecule has 5 nitrogen and oxygen atoms in total. The van der Waals surface area contributed by atoms with Crippen LogP contribution in [0.2, 0.25) is 0 Å². The molecule has 6 heteroatoms. The van der Waals surface area contributed by atoms with Crippen LogP contribution in [-0.2, 0) is 0 Å². The minimum Gasteiger partial charge on any atom is -0.343 e. The van der Waals surface area contributed by atoms with Crippen LogP contribution in [0.5, 0.6) is 0 Å². The number of aliphatic imine (C=N–C) groups is 1. The molecule has 1 aliphatic heterocycles. The Kier molecular flexibility index (Phi) is 5.99. The van der Waals surface area contributed by atoms with Crippen LogP contribution in [-0.4, -0.2) is 65.1 Å². The first-order chi connectivity index (χ1) is 13.6. The van der Waals surface area contributed by atoms with Crippen molar-refractivity contribution in [2.75, 3.05) is 44.6 Å². The summed E-state index contributed by atoms with van der Waals surface area (Å²) < 4.78 is 0. The maximum absolute atomic E-state index is 4.55. The molecule has 1 aromatic heterocycles. The van der Waals surface area contributed by atoms with Gasteiger partial charge in [-0.15, -0.1) is 12.6 Å². The molecule has 4 rings (SSSR count). The second-order valence-electron chi connectivity index (χ2n) is 7.70. The van der Waals surface area contributed by atoms with Crippen molar-refractivity contribution in [3.8, 4) is 0 Å². The summed E-state index contributed by atoms with van der Waals surface area (Å²) in [6, 6.07) is 9.16. The Labute approximate surface area is 172 Å². The molecule has 2 aromatic rings. The molecule has 1 aromatic carbocycles. The third kappa shape index (κ3) is 4.74. The lowest BCUT2D eigenvalue weighted by molar-refractivity contribution is 0.134. The maximum Gasteiger partial charge on any atom is 0.130 e. The highest BCUT2D eigenvalue weighted by atomic mass is 32.1. The Bertz CT molecular complexity index is 882. The molecule has 1 saturated heterocycles. The summed E-state index contributed by atoms with van der Waals surface area (Å²) in [6.45, 7) is 12.4. The zero-order valence-corrected chi connectivity index (χ0v) is 17.5. The van der Waals surface area contributed by atoms with Crippen molar-refractivity contribution in [3.05, 3.63) is 48.3 Å². The first kappa shape index (κ1) is 19.4. The minimum atomic E-state index is 0.731. The number of rotatable bonds is 7. The number of nitrogens with one attached hydrogen (secondary N) is 1. The summed E-state index contributed by atoms with van der Waals surface area (Å²) in [7, 11) is 0. The van der Waals surface area contributed by atoms with Gasteiger partial charge in [-0.3, -0.25) is 14.8 Å². The van der Waals surface area contributed by atoms with Crippen molar-refractivity contribution in [1.29, 1.82) is 0 Å². The van der Waals surface area contributed by atoms with Crippen LogP contribution in [0.1, 0.15) is 25.3 Å². The SMILES string of the molecule is C=C(CN1CCN(C2CC2)CC1)Nc1cc2cc(/C(S)=N/CC)ccc2cn1. The van der Waals surface area contributed by atoms with Gasteiger partial charge in [0.15, 0.2) is 0 Å². The molecule has 148 valence electrons. The second kappa shape index (κ2) is 8.64. The van der Waals surface area contributed by atoms with Gasteiger partial charge in [-0.05, 0) is 37.3 Å². The fourth-order valence-corrected chi connectivity index (χ4v) is 4.09. The highest BCUT2D eigenvalue weighted by Gasteiger charge is 2.31. The number of benzene rings is 1. The van der Waals surface area contributed by atoms with Crippen molar-refractivity contribution in [1.82, 2.24) is 14.8 Å². The quantitative estimate of drug-likeness (QED) is 0.427. The van der Waals surface area contributed by atoms with Crippen LogP contribution < -0.4 is 5.32 Å².